The van der Waals surface area contributed by atoms with Gasteiger partial charge in [0.15, 0.2) is 6.61 Å². The van der Waals surface area contributed by atoms with Crippen LogP contribution in [0.25, 0.3) is 0 Å². The Labute approximate surface area is 92.8 Å². The molecule has 0 aliphatic rings. The van der Waals surface area contributed by atoms with E-state index in [0.717, 1.165) is 0 Å². The molecule has 8 heteroatoms. The van der Waals surface area contributed by atoms with Gasteiger partial charge in [0.05, 0.1) is 12.7 Å². The normalized spacial score (nSPS) is 11.9. The number of carbonyl (C=O) groups excluding carboxylic acids is 1. The number of methoxy groups -OCH3 is 2. The summed E-state index contributed by atoms with van der Waals surface area (Å²) in [4.78, 5) is 25.4. The number of aliphatic carboxylic acids is 1. The van der Waals surface area contributed by atoms with Crippen LogP contribution in [0.3, 0.4) is 0 Å². The number of nitrogens with one attached hydrogen (secondary N) is 2. The molecule has 0 heterocycles. The molecule has 8 nitrogen and oxygen atoms in total. The van der Waals surface area contributed by atoms with Gasteiger partial charge in [-0.1, -0.05) is 0 Å². The van der Waals surface area contributed by atoms with Crippen molar-refractivity contribution in [3.8, 4) is 0 Å². The largest absolute Gasteiger partial charge is 0.479 e. The molecular formula is C8H16N2O6. The van der Waals surface area contributed by atoms with Gasteiger partial charge >= 0.3 is 12.0 Å². The Kier molecular flexibility index (Phi) is 8.12. The highest BCUT2D eigenvalue weighted by molar-refractivity contribution is 5.73. The molecule has 0 rings (SSSR count). The fourth-order valence-corrected chi connectivity index (χ4v) is 0.802. The van der Waals surface area contributed by atoms with E-state index in [4.69, 9.17) is 14.6 Å². The lowest BCUT2D eigenvalue weighted by Gasteiger charge is -2.14. The Balaban J connectivity index is 3.58. The number of rotatable bonds is 8. The highest BCUT2D eigenvalue weighted by Gasteiger charge is 2.09. The third-order valence-electron chi connectivity index (χ3n) is 1.54. The number of ether oxygens (including phenoxy) is 2. The van der Waals surface area contributed by atoms with Gasteiger partial charge in [-0.15, -0.1) is 0 Å². The van der Waals surface area contributed by atoms with Crippen LogP contribution in [0.1, 0.15) is 0 Å². The van der Waals surface area contributed by atoms with E-state index in [1.807, 2.05) is 5.48 Å². The first-order chi connectivity index (χ1) is 7.60. The first-order valence-electron chi connectivity index (χ1n) is 4.49. The van der Waals surface area contributed by atoms with E-state index in [1.165, 1.54) is 14.2 Å². The molecule has 0 aromatic carbocycles. The maximum Gasteiger partial charge on any atom is 0.338 e. The number of hydrogen-bond donors (Lipinski definition) is 3. The molecule has 1 atom stereocenters. The van der Waals surface area contributed by atoms with Crippen LogP contribution in [0.15, 0.2) is 0 Å². The van der Waals surface area contributed by atoms with Crippen LogP contribution in [0, 0.1) is 0 Å². The first-order valence-corrected chi connectivity index (χ1v) is 4.49. The van der Waals surface area contributed by atoms with Crippen molar-refractivity contribution in [1.82, 2.24) is 10.8 Å². The van der Waals surface area contributed by atoms with Gasteiger partial charge in [-0.05, 0) is 0 Å². The van der Waals surface area contributed by atoms with Crippen molar-refractivity contribution in [3.05, 3.63) is 0 Å². The van der Waals surface area contributed by atoms with Crippen LogP contribution < -0.4 is 10.8 Å². The molecule has 0 saturated carbocycles. The summed E-state index contributed by atoms with van der Waals surface area (Å²) >= 11 is 0. The van der Waals surface area contributed by atoms with E-state index in [-0.39, 0.29) is 12.6 Å². The highest BCUT2D eigenvalue weighted by Crippen LogP contribution is 1.88. The topological polar surface area (TPSA) is 106 Å². The van der Waals surface area contributed by atoms with Crippen LogP contribution in [-0.4, -0.2) is 57.2 Å². The molecule has 0 aromatic heterocycles. The fraction of sp³-hybridized carbons (Fsp3) is 0.750. The average Bonchev–Trinajstić information content (AvgIpc) is 2.23. The second kappa shape index (κ2) is 8.89. The monoisotopic (exact) mass is 236 g/mol. The van der Waals surface area contributed by atoms with E-state index >= 15 is 0 Å². The Morgan fingerprint density at radius 3 is 2.56 bits per heavy atom. The number of carboxylic acid groups (broad SMARTS) is 1. The van der Waals surface area contributed by atoms with Gasteiger partial charge < -0.3 is 19.9 Å². The minimum Gasteiger partial charge on any atom is -0.479 e. The zero-order valence-corrected chi connectivity index (χ0v) is 9.19. The first kappa shape index (κ1) is 14.6. The minimum absolute atomic E-state index is 0.229. The lowest BCUT2D eigenvalue weighted by atomic mass is 10.4. The van der Waals surface area contributed by atoms with Crippen molar-refractivity contribution in [3.63, 3.8) is 0 Å². The molecule has 0 spiro atoms. The van der Waals surface area contributed by atoms with Gasteiger partial charge in [0, 0.05) is 20.8 Å². The third-order valence-corrected chi connectivity index (χ3v) is 1.54. The fourth-order valence-electron chi connectivity index (χ4n) is 0.802. The van der Waals surface area contributed by atoms with Gasteiger partial charge in [0.2, 0.25) is 0 Å². The van der Waals surface area contributed by atoms with Crippen LogP contribution in [-0.2, 0) is 19.1 Å². The van der Waals surface area contributed by atoms with Crippen molar-refractivity contribution in [1.29, 1.82) is 0 Å². The molecule has 0 fully saturated rings. The molecule has 3 N–H and O–H groups in total. The van der Waals surface area contributed by atoms with Crippen LogP contribution >= 0.6 is 0 Å². The molecule has 0 saturated heterocycles. The maximum atomic E-state index is 11.0. The van der Waals surface area contributed by atoms with Gasteiger partial charge in [0.1, 0.15) is 0 Å². The average molecular weight is 236 g/mol. The van der Waals surface area contributed by atoms with E-state index < -0.39 is 18.6 Å². The second-order valence-electron chi connectivity index (χ2n) is 2.81. The van der Waals surface area contributed by atoms with Gasteiger partial charge in [0.25, 0.3) is 0 Å². The molecule has 0 bridgehead atoms. The maximum absolute atomic E-state index is 11.0. The second-order valence-corrected chi connectivity index (χ2v) is 2.81. The molecule has 2 amide bonds. The SMILES string of the molecule is COCC(CNC(=O)NOCC(=O)O)OC. The van der Waals surface area contributed by atoms with Crippen LogP contribution in [0.5, 0.6) is 0 Å². The standard InChI is InChI=1S/C8H16N2O6/c1-14-4-6(15-2)3-9-8(13)10-16-5-7(11)12/h6H,3-5H2,1-2H3,(H,11,12)(H2,9,10,13). The predicted molar refractivity (Wildman–Crippen MR) is 52.8 cm³/mol. The molecule has 94 valence electrons. The summed E-state index contributed by atoms with van der Waals surface area (Å²) in [5.41, 5.74) is 1.91. The summed E-state index contributed by atoms with van der Waals surface area (Å²) < 4.78 is 9.82. The van der Waals surface area contributed by atoms with Crippen molar-refractivity contribution in [2.45, 2.75) is 6.10 Å². The summed E-state index contributed by atoms with van der Waals surface area (Å²) in [5.74, 6) is -1.17. The van der Waals surface area contributed by atoms with Gasteiger partial charge in [-0.2, -0.15) is 0 Å². The molecule has 0 radical (unpaired) electrons. The zero-order chi connectivity index (χ0) is 12.4. The van der Waals surface area contributed by atoms with Gasteiger partial charge in [-0.3, -0.25) is 4.84 Å². The summed E-state index contributed by atoms with van der Waals surface area (Å²) in [6, 6.07) is -0.639. The number of hydroxylamine groups is 1. The quantitative estimate of drug-likeness (QED) is 0.465. The number of hydrogen-bond acceptors (Lipinski definition) is 5. The smallest absolute Gasteiger partial charge is 0.338 e. The van der Waals surface area contributed by atoms with E-state index in [1.54, 1.807) is 0 Å². The Hall–Kier alpha value is -1.38. The molecule has 0 aliphatic heterocycles. The van der Waals surface area contributed by atoms with Gasteiger partial charge in [-0.25, -0.2) is 15.1 Å². The lowest BCUT2D eigenvalue weighted by Crippen LogP contribution is -2.42. The van der Waals surface area contributed by atoms with Crippen molar-refractivity contribution >= 4 is 12.0 Å². The van der Waals surface area contributed by atoms with E-state index in [0.29, 0.717) is 6.61 Å². The highest BCUT2D eigenvalue weighted by atomic mass is 16.7. The molecule has 1 unspecified atom stereocenters. The number of amides is 2. The minimum atomic E-state index is -1.17. The summed E-state index contributed by atoms with van der Waals surface area (Å²) in [7, 11) is 3.01. The Morgan fingerprint density at radius 2 is 2.06 bits per heavy atom. The van der Waals surface area contributed by atoms with Crippen LogP contribution in [0.2, 0.25) is 0 Å². The van der Waals surface area contributed by atoms with E-state index in [9.17, 15) is 9.59 Å². The number of carbonyl (C=O) groups is 2. The Bertz CT molecular complexity index is 223. The predicted octanol–water partition coefficient (Wildman–Crippen LogP) is -1.04. The number of urea groups is 1. The van der Waals surface area contributed by atoms with Crippen LogP contribution in [0.4, 0.5) is 4.79 Å². The number of carboxylic acids is 1. The molecule has 16 heavy (non-hydrogen) atoms. The van der Waals surface area contributed by atoms with Crippen molar-refractivity contribution < 1.29 is 29.0 Å². The van der Waals surface area contributed by atoms with Crippen molar-refractivity contribution in [2.24, 2.45) is 0 Å². The third kappa shape index (κ3) is 7.97. The lowest BCUT2D eigenvalue weighted by molar-refractivity contribution is -0.144. The van der Waals surface area contributed by atoms with E-state index in [2.05, 4.69) is 10.2 Å². The molecule has 0 aromatic rings. The summed E-state index contributed by atoms with van der Waals surface area (Å²) in [6.45, 7) is -0.0292. The molecule has 0 aliphatic carbocycles. The summed E-state index contributed by atoms with van der Waals surface area (Å²) in [5, 5.41) is 10.6. The zero-order valence-electron chi connectivity index (χ0n) is 9.19. The Morgan fingerprint density at radius 1 is 1.38 bits per heavy atom. The van der Waals surface area contributed by atoms with Crippen molar-refractivity contribution in [2.75, 3.05) is 34.0 Å². The molecular weight excluding hydrogens is 220 g/mol. The summed E-state index contributed by atoms with van der Waals surface area (Å²) in [6.07, 6.45) is -0.268.